The Labute approximate surface area is 217 Å². The largest absolute Gasteiger partial charge is 0.493 e. The van der Waals surface area contributed by atoms with Gasteiger partial charge in [-0.3, -0.25) is 9.36 Å². The molecule has 0 unspecified atom stereocenters. The Hall–Kier alpha value is -3.11. The maximum absolute atomic E-state index is 13.1. The van der Waals surface area contributed by atoms with Crippen molar-refractivity contribution in [3.63, 3.8) is 0 Å². The zero-order valence-electron chi connectivity index (χ0n) is 22.1. The predicted octanol–water partition coefficient (Wildman–Crippen LogP) is 3.61. The molecule has 3 N–H and O–H groups in total. The fourth-order valence-electron chi connectivity index (χ4n) is 4.25. The zero-order valence-corrected chi connectivity index (χ0v) is 22.9. The average molecular weight is 534 g/mol. The minimum atomic E-state index is -3.77. The van der Waals surface area contributed by atoms with E-state index in [2.05, 4.69) is 15.0 Å². The molecule has 0 aliphatic carbocycles. The SMILES string of the molecule is Cc1c(/N=N/c2ccc(S(=O)(=O)NCCOCCO)cc2)c(O)n(C(C)(C)CC(C)(C)C)c(=O)c1C#N. The Balaban J connectivity index is 2.39. The van der Waals surface area contributed by atoms with Gasteiger partial charge in [-0.25, -0.2) is 13.1 Å². The van der Waals surface area contributed by atoms with Gasteiger partial charge in [-0.05, 0) is 56.9 Å². The summed E-state index contributed by atoms with van der Waals surface area (Å²) in [6.07, 6.45) is 0.537. The van der Waals surface area contributed by atoms with Gasteiger partial charge in [0.15, 0.2) is 5.69 Å². The lowest BCUT2D eigenvalue weighted by molar-refractivity contribution is 0.0961. The Bertz CT molecular complexity index is 1330. The first-order valence-corrected chi connectivity index (χ1v) is 13.2. The normalized spacial score (nSPS) is 12.7. The van der Waals surface area contributed by atoms with Gasteiger partial charge in [-0.2, -0.15) is 10.4 Å². The lowest BCUT2D eigenvalue weighted by Crippen LogP contribution is -2.40. The van der Waals surface area contributed by atoms with Crippen molar-refractivity contribution in [1.29, 1.82) is 5.26 Å². The van der Waals surface area contributed by atoms with Gasteiger partial charge in [0.25, 0.3) is 5.56 Å². The fraction of sp³-hybridized carbons (Fsp3) is 0.520. The highest BCUT2D eigenvalue weighted by Gasteiger charge is 2.33. The average Bonchev–Trinajstić information content (AvgIpc) is 2.77. The van der Waals surface area contributed by atoms with Crippen molar-refractivity contribution < 1.29 is 23.4 Å². The summed E-state index contributed by atoms with van der Waals surface area (Å²) in [6, 6.07) is 7.51. The number of hydrogen-bond acceptors (Lipinski definition) is 9. The molecule has 0 saturated carbocycles. The number of pyridine rings is 1. The molecule has 0 fully saturated rings. The summed E-state index contributed by atoms with van der Waals surface area (Å²) in [6.45, 7) is 11.3. The Morgan fingerprint density at radius 2 is 1.73 bits per heavy atom. The third-order valence-corrected chi connectivity index (χ3v) is 6.91. The number of aromatic hydroxyl groups is 1. The molecule has 1 aromatic heterocycles. The zero-order chi connectivity index (χ0) is 28.0. The smallest absolute Gasteiger partial charge is 0.272 e. The Kier molecular flexibility index (Phi) is 9.73. The molecule has 0 bridgehead atoms. The highest BCUT2D eigenvalue weighted by Crippen LogP contribution is 2.39. The van der Waals surface area contributed by atoms with Gasteiger partial charge >= 0.3 is 0 Å². The third-order valence-electron chi connectivity index (χ3n) is 5.44. The summed E-state index contributed by atoms with van der Waals surface area (Å²) >= 11 is 0. The van der Waals surface area contributed by atoms with Crippen molar-refractivity contribution in [2.24, 2.45) is 15.6 Å². The molecule has 0 spiro atoms. The molecule has 0 aliphatic rings. The lowest BCUT2D eigenvalue weighted by atomic mass is 9.81. The molecule has 0 radical (unpaired) electrons. The number of aliphatic hydroxyl groups is 1. The van der Waals surface area contributed by atoms with Gasteiger partial charge in [-0.15, -0.1) is 5.11 Å². The third kappa shape index (κ3) is 7.69. The standard InChI is InChI=1S/C25H35N5O6S/c1-17-20(15-26)22(32)30(25(5,6)16-24(2,3)4)23(33)21(17)29-28-18-7-9-19(10-8-18)37(34,35)27-11-13-36-14-12-31/h7-10,27,31,33H,11-14,16H2,1-6H3/b29-28+. The van der Waals surface area contributed by atoms with Gasteiger partial charge in [0.05, 0.1) is 30.4 Å². The van der Waals surface area contributed by atoms with Crippen LogP contribution in [0.3, 0.4) is 0 Å². The fourth-order valence-corrected chi connectivity index (χ4v) is 5.26. The van der Waals surface area contributed by atoms with E-state index >= 15 is 0 Å². The first-order valence-electron chi connectivity index (χ1n) is 11.7. The van der Waals surface area contributed by atoms with E-state index in [1.807, 2.05) is 40.7 Å². The van der Waals surface area contributed by atoms with E-state index in [0.717, 1.165) is 0 Å². The maximum Gasteiger partial charge on any atom is 0.272 e. The van der Waals surface area contributed by atoms with E-state index in [9.17, 15) is 23.6 Å². The monoisotopic (exact) mass is 533 g/mol. The van der Waals surface area contributed by atoms with Crippen LogP contribution in [0.1, 0.15) is 52.2 Å². The van der Waals surface area contributed by atoms with Crippen LogP contribution < -0.4 is 10.3 Å². The van der Waals surface area contributed by atoms with E-state index in [0.29, 0.717) is 12.1 Å². The van der Waals surface area contributed by atoms with E-state index in [-0.39, 0.29) is 53.5 Å². The van der Waals surface area contributed by atoms with Crippen LogP contribution in [-0.2, 0) is 20.3 Å². The number of aliphatic hydroxyl groups excluding tert-OH is 1. The number of nitriles is 1. The highest BCUT2D eigenvalue weighted by molar-refractivity contribution is 7.89. The number of rotatable bonds is 11. The molecular formula is C25H35N5O6S. The minimum Gasteiger partial charge on any atom is -0.493 e. The Morgan fingerprint density at radius 1 is 1.11 bits per heavy atom. The van der Waals surface area contributed by atoms with Crippen LogP contribution in [0, 0.1) is 23.7 Å². The number of ether oxygens (including phenoxy) is 1. The van der Waals surface area contributed by atoms with Crippen molar-refractivity contribution >= 4 is 21.4 Å². The van der Waals surface area contributed by atoms with Crippen molar-refractivity contribution in [2.45, 2.75) is 58.4 Å². The molecule has 1 aromatic carbocycles. The molecule has 1 heterocycles. The molecule has 0 atom stereocenters. The molecule has 0 aliphatic heterocycles. The predicted molar refractivity (Wildman–Crippen MR) is 139 cm³/mol. The van der Waals surface area contributed by atoms with E-state index in [1.165, 1.54) is 35.8 Å². The van der Waals surface area contributed by atoms with Crippen molar-refractivity contribution in [1.82, 2.24) is 9.29 Å². The van der Waals surface area contributed by atoms with Gasteiger partial charge in [0.1, 0.15) is 11.6 Å². The number of hydrogen-bond donors (Lipinski definition) is 3. The summed E-state index contributed by atoms with van der Waals surface area (Å²) in [5.74, 6) is -0.397. The molecular weight excluding hydrogens is 498 g/mol. The van der Waals surface area contributed by atoms with Gasteiger partial charge in [0, 0.05) is 17.6 Å². The van der Waals surface area contributed by atoms with Gasteiger partial charge < -0.3 is 14.9 Å². The van der Waals surface area contributed by atoms with E-state index in [1.54, 1.807) is 0 Å². The van der Waals surface area contributed by atoms with Crippen LogP contribution >= 0.6 is 0 Å². The van der Waals surface area contributed by atoms with Gasteiger partial charge in [0.2, 0.25) is 15.9 Å². The number of nitrogens with one attached hydrogen (secondary N) is 1. The van der Waals surface area contributed by atoms with E-state index < -0.39 is 27.0 Å². The van der Waals surface area contributed by atoms with Crippen LogP contribution in [0.15, 0.2) is 44.2 Å². The second-order valence-electron chi connectivity index (χ2n) is 10.4. The number of aromatic nitrogens is 1. The highest BCUT2D eigenvalue weighted by atomic mass is 32.2. The summed E-state index contributed by atoms with van der Waals surface area (Å²) < 4.78 is 33.4. The van der Waals surface area contributed by atoms with E-state index in [4.69, 9.17) is 9.84 Å². The first-order chi connectivity index (χ1) is 17.1. The second-order valence-corrected chi connectivity index (χ2v) is 12.2. The van der Waals surface area contributed by atoms with Crippen molar-refractivity contribution in [3.05, 3.63) is 45.7 Å². The van der Waals surface area contributed by atoms with Crippen molar-refractivity contribution in [3.8, 4) is 11.9 Å². The molecule has 0 saturated heterocycles. The summed E-state index contributed by atoms with van der Waals surface area (Å²) in [5, 5.41) is 37.6. The quantitative estimate of drug-likeness (QED) is 0.293. The number of azo groups is 1. The molecule has 11 nitrogen and oxygen atoms in total. The maximum atomic E-state index is 13.1. The molecule has 202 valence electrons. The first kappa shape index (κ1) is 30.1. The number of nitrogens with zero attached hydrogens (tertiary/aromatic N) is 4. The van der Waals surface area contributed by atoms with Crippen LogP contribution in [0.4, 0.5) is 11.4 Å². The minimum absolute atomic E-state index is 0.0110. The van der Waals surface area contributed by atoms with Crippen LogP contribution in [-0.4, -0.2) is 49.6 Å². The molecule has 2 aromatic rings. The summed E-state index contributed by atoms with van der Waals surface area (Å²) in [7, 11) is -3.77. The lowest BCUT2D eigenvalue weighted by Gasteiger charge is -2.35. The van der Waals surface area contributed by atoms with Crippen LogP contribution in [0.5, 0.6) is 5.88 Å². The number of sulfonamides is 1. The molecule has 2 rings (SSSR count). The van der Waals surface area contributed by atoms with Crippen LogP contribution in [0.25, 0.3) is 0 Å². The molecule has 12 heteroatoms. The molecule has 37 heavy (non-hydrogen) atoms. The Morgan fingerprint density at radius 3 is 2.27 bits per heavy atom. The van der Waals surface area contributed by atoms with Crippen molar-refractivity contribution in [2.75, 3.05) is 26.4 Å². The number of benzene rings is 1. The summed E-state index contributed by atoms with van der Waals surface area (Å²) in [5.41, 5.74) is -1.25. The van der Waals surface area contributed by atoms with Gasteiger partial charge in [-0.1, -0.05) is 20.8 Å². The molecule has 0 amide bonds. The summed E-state index contributed by atoms with van der Waals surface area (Å²) in [4.78, 5) is 13.1. The topological polar surface area (TPSA) is 166 Å². The second kappa shape index (κ2) is 12.0. The van der Waals surface area contributed by atoms with Crippen LogP contribution in [0.2, 0.25) is 0 Å².